The predicted molar refractivity (Wildman–Crippen MR) is 91.1 cm³/mol. The number of hydrogen-bond acceptors (Lipinski definition) is 6. The minimum absolute atomic E-state index is 0.104. The standard InChI is InChI=1S/C16H17F2N5O3S/c1-2-8-22(27(24,25)13-9-19-23(10-13)16(17)18)11-14-20-21-15(26-14)12-6-4-3-5-7-12/h3-7,9-10,16H,2,8,11H2,1H3. The van der Waals surface area contributed by atoms with Crippen molar-refractivity contribution in [2.45, 2.75) is 31.3 Å². The van der Waals surface area contributed by atoms with Crippen molar-refractivity contribution in [2.75, 3.05) is 6.54 Å². The average Bonchev–Trinajstić information content (AvgIpc) is 3.32. The molecule has 0 aliphatic heterocycles. The minimum atomic E-state index is -4.04. The van der Waals surface area contributed by atoms with Gasteiger partial charge in [0.25, 0.3) is 0 Å². The molecule has 8 nitrogen and oxygen atoms in total. The van der Waals surface area contributed by atoms with Crippen LogP contribution in [0.25, 0.3) is 11.5 Å². The molecule has 0 atom stereocenters. The number of rotatable bonds is 8. The van der Waals surface area contributed by atoms with Crippen LogP contribution in [0.3, 0.4) is 0 Å². The second-order valence-corrected chi connectivity index (χ2v) is 7.58. The first-order chi connectivity index (χ1) is 12.9. The molecule has 0 bridgehead atoms. The van der Waals surface area contributed by atoms with Gasteiger partial charge in [-0.25, -0.2) is 13.1 Å². The van der Waals surface area contributed by atoms with E-state index in [1.165, 1.54) is 0 Å². The lowest BCUT2D eigenvalue weighted by Gasteiger charge is -2.18. The Morgan fingerprint density at radius 1 is 1.22 bits per heavy atom. The maximum atomic E-state index is 12.8. The molecule has 0 saturated carbocycles. The van der Waals surface area contributed by atoms with Crippen LogP contribution in [0.1, 0.15) is 25.8 Å². The molecule has 0 spiro atoms. The zero-order valence-electron chi connectivity index (χ0n) is 14.4. The van der Waals surface area contributed by atoms with Crippen LogP contribution in [0.4, 0.5) is 8.78 Å². The molecule has 3 rings (SSSR count). The lowest BCUT2D eigenvalue weighted by molar-refractivity contribution is 0.0563. The number of aromatic nitrogens is 4. The molecule has 27 heavy (non-hydrogen) atoms. The van der Waals surface area contributed by atoms with Gasteiger partial charge in [-0.3, -0.25) is 0 Å². The maximum Gasteiger partial charge on any atom is 0.333 e. The van der Waals surface area contributed by atoms with Gasteiger partial charge in [0, 0.05) is 12.1 Å². The molecule has 0 aliphatic rings. The summed E-state index contributed by atoms with van der Waals surface area (Å²) in [5.41, 5.74) is 0.708. The van der Waals surface area contributed by atoms with Crippen molar-refractivity contribution in [3.63, 3.8) is 0 Å². The van der Waals surface area contributed by atoms with E-state index in [1.54, 1.807) is 19.1 Å². The highest BCUT2D eigenvalue weighted by Crippen LogP contribution is 2.22. The zero-order valence-corrected chi connectivity index (χ0v) is 15.2. The van der Waals surface area contributed by atoms with Crippen LogP contribution in [0.15, 0.2) is 52.0 Å². The van der Waals surface area contributed by atoms with E-state index in [4.69, 9.17) is 4.42 Å². The highest BCUT2D eigenvalue weighted by atomic mass is 32.2. The Morgan fingerprint density at radius 2 is 1.96 bits per heavy atom. The largest absolute Gasteiger partial charge is 0.419 e. The molecule has 0 unspecified atom stereocenters. The number of hydrogen-bond donors (Lipinski definition) is 0. The van der Waals surface area contributed by atoms with Crippen molar-refractivity contribution in [1.82, 2.24) is 24.3 Å². The molecule has 144 valence electrons. The third kappa shape index (κ3) is 4.19. The molecule has 0 amide bonds. The Balaban J connectivity index is 1.84. The quantitative estimate of drug-likeness (QED) is 0.580. The molecule has 3 aromatic rings. The third-order valence-electron chi connectivity index (χ3n) is 3.69. The van der Waals surface area contributed by atoms with Crippen LogP contribution < -0.4 is 0 Å². The van der Waals surface area contributed by atoms with Crippen LogP contribution in [0.5, 0.6) is 0 Å². The van der Waals surface area contributed by atoms with E-state index < -0.39 is 16.6 Å². The highest BCUT2D eigenvalue weighted by molar-refractivity contribution is 7.89. The second-order valence-electron chi connectivity index (χ2n) is 5.64. The zero-order chi connectivity index (χ0) is 19.4. The first-order valence-corrected chi connectivity index (χ1v) is 9.56. The van der Waals surface area contributed by atoms with Crippen LogP contribution in [0, 0.1) is 0 Å². The Bertz CT molecular complexity index is 988. The molecular formula is C16H17F2N5O3S. The fraction of sp³-hybridized carbons (Fsp3) is 0.312. The molecule has 11 heteroatoms. The normalized spacial score (nSPS) is 12.2. The van der Waals surface area contributed by atoms with E-state index in [0.29, 0.717) is 12.0 Å². The summed E-state index contributed by atoms with van der Waals surface area (Å²) in [5, 5.41) is 11.2. The predicted octanol–water partition coefficient (Wildman–Crippen LogP) is 2.93. The van der Waals surface area contributed by atoms with E-state index in [0.717, 1.165) is 16.7 Å². The molecular weight excluding hydrogens is 380 g/mol. The lowest BCUT2D eigenvalue weighted by atomic mass is 10.2. The van der Waals surface area contributed by atoms with Gasteiger partial charge in [0.2, 0.25) is 21.8 Å². The SMILES string of the molecule is CCCN(Cc1nnc(-c2ccccc2)o1)S(=O)(=O)c1cnn(C(F)F)c1. The van der Waals surface area contributed by atoms with E-state index in [9.17, 15) is 17.2 Å². The number of alkyl halides is 2. The Kier molecular flexibility index (Phi) is 5.61. The molecule has 0 aliphatic carbocycles. The van der Waals surface area contributed by atoms with Gasteiger partial charge in [-0.15, -0.1) is 10.2 Å². The summed E-state index contributed by atoms with van der Waals surface area (Å²) in [6.07, 6.45) is 2.21. The summed E-state index contributed by atoms with van der Waals surface area (Å²) in [6, 6.07) is 9.05. The van der Waals surface area contributed by atoms with E-state index in [-0.39, 0.29) is 34.4 Å². The highest BCUT2D eigenvalue weighted by Gasteiger charge is 2.28. The molecule has 0 radical (unpaired) electrons. The third-order valence-corrected chi connectivity index (χ3v) is 5.49. The fourth-order valence-corrected chi connectivity index (χ4v) is 3.83. The molecule has 1 aromatic carbocycles. The van der Waals surface area contributed by atoms with Gasteiger partial charge in [0.15, 0.2) is 0 Å². The van der Waals surface area contributed by atoms with E-state index in [2.05, 4.69) is 15.3 Å². The van der Waals surface area contributed by atoms with Crippen molar-refractivity contribution in [1.29, 1.82) is 0 Å². The summed E-state index contributed by atoms with van der Waals surface area (Å²) in [7, 11) is -4.04. The first-order valence-electron chi connectivity index (χ1n) is 8.12. The number of halogens is 2. The summed E-state index contributed by atoms with van der Waals surface area (Å²) in [6.45, 7) is -1.13. The molecule has 0 N–H and O–H groups in total. The molecule has 2 aromatic heterocycles. The summed E-state index contributed by atoms with van der Waals surface area (Å²) in [4.78, 5) is -0.320. The van der Waals surface area contributed by atoms with E-state index in [1.807, 2.05) is 18.2 Å². The van der Waals surface area contributed by atoms with Crippen molar-refractivity contribution in [2.24, 2.45) is 0 Å². The average molecular weight is 397 g/mol. The number of nitrogens with zero attached hydrogens (tertiary/aromatic N) is 5. The van der Waals surface area contributed by atoms with Crippen LogP contribution in [-0.2, 0) is 16.6 Å². The topological polar surface area (TPSA) is 94.1 Å². The van der Waals surface area contributed by atoms with Crippen LogP contribution in [-0.4, -0.2) is 39.2 Å². The molecule has 2 heterocycles. The van der Waals surface area contributed by atoms with Gasteiger partial charge in [-0.2, -0.15) is 18.2 Å². The smallest absolute Gasteiger partial charge is 0.333 e. The van der Waals surface area contributed by atoms with Gasteiger partial charge < -0.3 is 4.42 Å². The maximum absolute atomic E-state index is 12.8. The minimum Gasteiger partial charge on any atom is -0.419 e. The lowest BCUT2D eigenvalue weighted by Crippen LogP contribution is -2.31. The van der Waals surface area contributed by atoms with Gasteiger partial charge in [0.1, 0.15) is 4.90 Å². The van der Waals surface area contributed by atoms with Gasteiger partial charge >= 0.3 is 6.55 Å². The van der Waals surface area contributed by atoms with Crippen molar-refractivity contribution >= 4 is 10.0 Å². The fourth-order valence-electron chi connectivity index (χ4n) is 2.41. The Labute approximate surface area is 154 Å². The number of benzene rings is 1. The van der Waals surface area contributed by atoms with Crippen molar-refractivity contribution < 1.29 is 21.6 Å². The Morgan fingerprint density at radius 3 is 2.59 bits per heavy atom. The number of sulfonamides is 1. The molecule has 0 saturated heterocycles. The van der Waals surface area contributed by atoms with Crippen molar-refractivity contribution in [3.8, 4) is 11.5 Å². The summed E-state index contributed by atoms with van der Waals surface area (Å²) >= 11 is 0. The van der Waals surface area contributed by atoms with Gasteiger partial charge in [-0.05, 0) is 18.6 Å². The van der Waals surface area contributed by atoms with E-state index >= 15 is 0 Å². The van der Waals surface area contributed by atoms with Gasteiger partial charge in [-0.1, -0.05) is 25.1 Å². The summed E-state index contributed by atoms with van der Waals surface area (Å²) in [5.74, 6) is 0.372. The Hall–Kier alpha value is -2.66. The van der Waals surface area contributed by atoms with Crippen LogP contribution >= 0.6 is 0 Å². The monoisotopic (exact) mass is 397 g/mol. The second kappa shape index (κ2) is 7.92. The summed E-state index contributed by atoms with van der Waals surface area (Å²) < 4.78 is 57.9. The molecule has 0 fully saturated rings. The van der Waals surface area contributed by atoms with Gasteiger partial charge in [0.05, 0.1) is 18.9 Å². The van der Waals surface area contributed by atoms with Crippen LogP contribution in [0.2, 0.25) is 0 Å². The van der Waals surface area contributed by atoms with Crippen molar-refractivity contribution in [3.05, 3.63) is 48.6 Å². The first kappa shape index (κ1) is 19.1.